The van der Waals surface area contributed by atoms with Crippen molar-refractivity contribution >= 4 is 5.69 Å². The molecule has 0 radical (unpaired) electrons. The summed E-state index contributed by atoms with van der Waals surface area (Å²) in [5.74, 6) is -0.216. The summed E-state index contributed by atoms with van der Waals surface area (Å²) in [5.41, 5.74) is -0.118. The molecule has 1 heterocycles. The van der Waals surface area contributed by atoms with Gasteiger partial charge in [0.25, 0.3) is 5.69 Å². The van der Waals surface area contributed by atoms with Gasteiger partial charge in [0.2, 0.25) is 5.88 Å². The van der Waals surface area contributed by atoms with Crippen LogP contribution in [0.25, 0.3) is 5.69 Å². The highest BCUT2D eigenvalue weighted by Gasteiger charge is 2.11. The van der Waals surface area contributed by atoms with E-state index in [-0.39, 0.29) is 11.6 Å². The van der Waals surface area contributed by atoms with Gasteiger partial charge in [-0.3, -0.25) is 14.7 Å². The first kappa shape index (κ1) is 10.9. The van der Waals surface area contributed by atoms with E-state index in [2.05, 4.69) is 0 Å². The highest BCUT2D eigenvalue weighted by Crippen LogP contribution is 2.17. The number of non-ortho nitro benzene ring substituents is 1. The first-order valence-corrected chi connectivity index (χ1v) is 4.73. The van der Waals surface area contributed by atoms with E-state index in [0.717, 1.165) is 4.57 Å². The molecule has 2 aromatic rings. The summed E-state index contributed by atoms with van der Waals surface area (Å²) in [6.45, 7) is 0. The van der Waals surface area contributed by atoms with Crippen molar-refractivity contribution in [2.75, 3.05) is 0 Å². The molecule has 0 bridgehead atoms. The molecule has 0 atom stereocenters. The van der Waals surface area contributed by atoms with Crippen molar-refractivity contribution in [3.63, 3.8) is 0 Å². The van der Waals surface area contributed by atoms with Crippen LogP contribution in [0.4, 0.5) is 5.69 Å². The van der Waals surface area contributed by atoms with Gasteiger partial charge in [0.05, 0.1) is 16.8 Å². The Balaban J connectivity index is 2.54. The van der Waals surface area contributed by atoms with Gasteiger partial charge in [0.15, 0.2) is 0 Å². The maximum atomic E-state index is 11.6. The minimum Gasteiger partial charge on any atom is -0.493 e. The van der Waals surface area contributed by atoms with Crippen molar-refractivity contribution in [3.8, 4) is 11.6 Å². The van der Waals surface area contributed by atoms with Gasteiger partial charge in [0.1, 0.15) is 0 Å². The lowest BCUT2D eigenvalue weighted by Gasteiger charge is -2.01. The van der Waals surface area contributed by atoms with Gasteiger partial charge in [-0.25, -0.2) is 9.36 Å². The van der Waals surface area contributed by atoms with Gasteiger partial charge in [-0.15, -0.1) is 0 Å². The number of aryl methyl sites for hydroxylation is 1. The Labute approximate surface area is 95.3 Å². The van der Waals surface area contributed by atoms with E-state index in [4.69, 9.17) is 0 Å². The molecule has 7 nitrogen and oxygen atoms in total. The number of nitrogens with zero attached hydrogens (tertiary/aromatic N) is 3. The maximum absolute atomic E-state index is 11.6. The fraction of sp³-hybridized carbons (Fsp3) is 0.100. The second-order valence-electron chi connectivity index (χ2n) is 3.49. The molecule has 0 saturated carbocycles. The molecule has 0 unspecified atom stereocenters. The molecular formula is C10H9N3O4. The minimum atomic E-state index is -0.530. The molecule has 0 aliphatic rings. The third-order valence-corrected chi connectivity index (χ3v) is 2.35. The Morgan fingerprint density at radius 2 is 1.88 bits per heavy atom. The minimum absolute atomic E-state index is 0.0720. The fourth-order valence-electron chi connectivity index (χ4n) is 1.51. The average molecular weight is 235 g/mol. The largest absolute Gasteiger partial charge is 0.493 e. The number of rotatable bonds is 2. The number of hydrogen-bond acceptors (Lipinski definition) is 4. The smallest absolute Gasteiger partial charge is 0.335 e. The summed E-state index contributed by atoms with van der Waals surface area (Å²) in [7, 11) is 1.50. The Hall–Kier alpha value is -2.57. The van der Waals surface area contributed by atoms with Gasteiger partial charge in [-0.05, 0) is 12.1 Å². The van der Waals surface area contributed by atoms with Gasteiger partial charge < -0.3 is 5.11 Å². The highest BCUT2D eigenvalue weighted by atomic mass is 16.6. The van der Waals surface area contributed by atoms with Crippen molar-refractivity contribution in [2.45, 2.75) is 0 Å². The van der Waals surface area contributed by atoms with Crippen LogP contribution in [0.5, 0.6) is 5.88 Å². The summed E-state index contributed by atoms with van der Waals surface area (Å²) in [6, 6.07) is 5.35. The van der Waals surface area contributed by atoms with E-state index < -0.39 is 10.6 Å². The SMILES string of the molecule is Cn1cc(O)n(-c2ccc([N+](=O)[O-])cc2)c1=O. The van der Waals surface area contributed by atoms with Crippen LogP contribution < -0.4 is 5.69 Å². The van der Waals surface area contributed by atoms with E-state index in [1.807, 2.05) is 0 Å². The van der Waals surface area contributed by atoms with E-state index in [1.54, 1.807) is 0 Å². The Morgan fingerprint density at radius 1 is 1.29 bits per heavy atom. The van der Waals surface area contributed by atoms with Crippen molar-refractivity contribution < 1.29 is 10.0 Å². The molecular weight excluding hydrogens is 226 g/mol. The zero-order chi connectivity index (χ0) is 12.6. The van der Waals surface area contributed by atoms with Crippen molar-refractivity contribution in [2.24, 2.45) is 7.05 Å². The van der Waals surface area contributed by atoms with Gasteiger partial charge in [-0.2, -0.15) is 0 Å². The molecule has 7 heteroatoms. The Bertz CT molecular complexity index is 624. The summed E-state index contributed by atoms with van der Waals surface area (Å²) < 4.78 is 2.28. The molecule has 0 spiro atoms. The number of hydrogen-bond donors (Lipinski definition) is 1. The summed E-state index contributed by atoms with van der Waals surface area (Å²) in [6.07, 6.45) is 1.27. The predicted molar refractivity (Wildman–Crippen MR) is 59.3 cm³/mol. The van der Waals surface area contributed by atoms with Crippen LogP contribution in [-0.4, -0.2) is 19.2 Å². The Morgan fingerprint density at radius 3 is 2.29 bits per heavy atom. The van der Waals surface area contributed by atoms with E-state index in [0.29, 0.717) is 5.69 Å². The number of aromatic nitrogens is 2. The quantitative estimate of drug-likeness (QED) is 0.615. The molecule has 88 valence electrons. The van der Waals surface area contributed by atoms with Crippen LogP contribution in [0, 0.1) is 10.1 Å². The van der Waals surface area contributed by atoms with E-state index >= 15 is 0 Å². The van der Waals surface area contributed by atoms with E-state index in [1.165, 1.54) is 42.1 Å². The van der Waals surface area contributed by atoms with Crippen LogP contribution >= 0.6 is 0 Å². The first-order chi connectivity index (χ1) is 8.00. The van der Waals surface area contributed by atoms with Crippen LogP contribution in [0.3, 0.4) is 0 Å². The Kier molecular flexibility index (Phi) is 2.43. The lowest BCUT2D eigenvalue weighted by molar-refractivity contribution is -0.384. The van der Waals surface area contributed by atoms with E-state index in [9.17, 15) is 20.0 Å². The van der Waals surface area contributed by atoms with Gasteiger partial charge in [-0.1, -0.05) is 0 Å². The maximum Gasteiger partial charge on any atom is 0.335 e. The number of nitro benzene ring substituents is 1. The predicted octanol–water partition coefficient (Wildman–Crippen LogP) is 0.790. The lowest BCUT2D eigenvalue weighted by Crippen LogP contribution is -2.20. The van der Waals surface area contributed by atoms with Crippen molar-refractivity contribution in [3.05, 3.63) is 51.1 Å². The number of aromatic hydroxyl groups is 1. The molecule has 0 aliphatic heterocycles. The molecule has 1 aromatic heterocycles. The van der Waals surface area contributed by atoms with Crippen LogP contribution in [0.1, 0.15) is 0 Å². The third kappa shape index (κ3) is 1.78. The molecule has 0 amide bonds. The molecule has 2 rings (SSSR count). The fourth-order valence-corrected chi connectivity index (χ4v) is 1.51. The van der Waals surface area contributed by atoms with Crippen LogP contribution in [0.2, 0.25) is 0 Å². The molecule has 0 aliphatic carbocycles. The molecule has 0 saturated heterocycles. The lowest BCUT2D eigenvalue weighted by atomic mass is 10.3. The molecule has 17 heavy (non-hydrogen) atoms. The van der Waals surface area contributed by atoms with Gasteiger partial charge in [0, 0.05) is 19.2 Å². The van der Waals surface area contributed by atoms with Gasteiger partial charge >= 0.3 is 5.69 Å². The first-order valence-electron chi connectivity index (χ1n) is 4.73. The number of benzene rings is 1. The zero-order valence-electron chi connectivity index (χ0n) is 8.90. The topological polar surface area (TPSA) is 90.3 Å². The normalized spacial score (nSPS) is 10.4. The number of imidazole rings is 1. The summed E-state index contributed by atoms with van der Waals surface area (Å²) >= 11 is 0. The monoisotopic (exact) mass is 235 g/mol. The van der Waals surface area contributed by atoms with Crippen LogP contribution in [-0.2, 0) is 7.05 Å². The zero-order valence-corrected chi connectivity index (χ0v) is 8.90. The average Bonchev–Trinajstić information content (AvgIpc) is 2.53. The highest BCUT2D eigenvalue weighted by molar-refractivity contribution is 5.42. The number of nitro groups is 1. The molecule has 1 aromatic carbocycles. The summed E-state index contributed by atoms with van der Waals surface area (Å²) in [4.78, 5) is 21.6. The molecule has 1 N–H and O–H groups in total. The second-order valence-corrected chi connectivity index (χ2v) is 3.49. The third-order valence-electron chi connectivity index (χ3n) is 2.35. The standard InChI is InChI=1S/C10H9N3O4/c1-11-6-9(14)12(10(11)15)7-2-4-8(5-3-7)13(16)17/h2-6,14H,1H3. The molecule has 0 fully saturated rings. The van der Waals surface area contributed by atoms with Crippen molar-refractivity contribution in [1.82, 2.24) is 9.13 Å². The summed E-state index contributed by atoms with van der Waals surface area (Å²) in [5, 5.41) is 20.0. The van der Waals surface area contributed by atoms with Crippen LogP contribution in [0.15, 0.2) is 35.3 Å². The van der Waals surface area contributed by atoms with Crippen molar-refractivity contribution in [1.29, 1.82) is 0 Å². The second kappa shape index (κ2) is 3.78.